The Morgan fingerprint density at radius 1 is 0.862 bits per heavy atom. The third kappa shape index (κ3) is 8.15. The Labute approximate surface area is 174 Å². The van der Waals surface area contributed by atoms with Crippen LogP contribution in [-0.4, -0.2) is 22.6 Å². The van der Waals surface area contributed by atoms with Gasteiger partial charge < -0.3 is 0 Å². The summed E-state index contributed by atoms with van der Waals surface area (Å²) in [6.45, 7) is 14.0. The lowest BCUT2D eigenvalue weighted by atomic mass is 10.1. The SMILES string of the molecule is CC.CC.CC.Cc1ccc(-c2ncn(S(=O)(=O)Cc3ccc(F)cc3)n2)cc1. The van der Waals surface area contributed by atoms with Crippen LogP contribution in [0.15, 0.2) is 54.9 Å². The van der Waals surface area contributed by atoms with Crippen LogP contribution >= 0.6 is 0 Å². The molecule has 29 heavy (non-hydrogen) atoms. The van der Waals surface area contributed by atoms with E-state index in [9.17, 15) is 12.8 Å². The predicted octanol–water partition coefficient (Wildman–Crippen LogP) is 5.85. The summed E-state index contributed by atoms with van der Waals surface area (Å²) in [4.78, 5) is 4.05. The van der Waals surface area contributed by atoms with Crippen molar-refractivity contribution >= 4 is 10.0 Å². The van der Waals surface area contributed by atoms with Crippen molar-refractivity contribution in [2.75, 3.05) is 0 Å². The molecule has 0 aliphatic carbocycles. The van der Waals surface area contributed by atoms with Crippen LogP contribution in [0.3, 0.4) is 0 Å². The van der Waals surface area contributed by atoms with Gasteiger partial charge >= 0.3 is 0 Å². The van der Waals surface area contributed by atoms with Crippen molar-refractivity contribution in [3.8, 4) is 11.4 Å². The number of aryl methyl sites for hydroxylation is 1. The molecule has 0 unspecified atom stereocenters. The Bertz CT molecular complexity index is 919. The van der Waals surface area contributed by atoms with Crippen molar-refractivity contribution in [3.63, 3.8) is 0 Å². The van der Waals surface area contributed by atoms with Crippen LogP contribution in [-0.2, 0) is 15.8 Å². The summed E-state index contributed by atoms with van der Waals surface area (Å²) in [5.41, 5.74) is 2.32. The van der Waals surface area contributed by atoms with Gasteiger partial charge in [0.15, 0.2) is 5.82 Å². The lowest BCUT2D eigenvalue weighted by Crippen LogP contribution is -2.15. The van der Waals surface area contributed by atoms with Gasteiger partial charge in [-0.1, -0.05) is 83.5 Å². The topological polar surface area (TPSA) is 64.8 Å². The average molecular weight is 422 g/mol. The maximum Gasteiger partial charge on any atom is 0.259 e. The number of benzene rings is 2. The molecule has 0 N–H and O–H groups in total. The molecule has 0 saturated heterocycles. The highest BCUT2D eigenvalue weighted by Gasteiger charge is 2.17. The third-order valence-corrected chi connectivity index (χ3v) is 4.77. The summed E-state index contributed by atoms with van der Waals surface area (Å²) in [6.07, 6.45) is 1.17. The standard InChI is InChI=1S/C16H14FN3O2S.3C2H6/c1-12-2-6-14(7-3-12)16-18-11-20(19-16)23(21,22)10-13-4-8-15(17)9-5-13;3*1-2/h2-9,11H,10H2,1H3;3*1-2H3. The van der Waals surface area contributed by atoms with E-state index < -0.39 is 15.8 Å². The highest BCUT2D eigenvalue weighted by molar-refractivity contribution is 7.89. The van der Waals surface area contributed by atoms with Crippen LogP contribution in [0.25, 0.3) is 11.4 Å². The fourth-order valence-electron chi connectivity index (χ4n) is 2.08. The van der Waals surface area contributed by atoms with Crippen LogP contribution in [0.1, 0.15) is 52.7 Å². The maximum atomic E-state index is 12.9. The minimum absolute atomic E-state index is 0.274. The smallest absolute Gasteiger partial charge is 0.214 e. The molecule has 7 heteroatoms. The molecule has 3 aromatic rings. The Morgan fingerprint density at radius 3 is 1.90 bits per heavy atom. The minimum atomic E-state index is -3.70. The summed E-state index contributed by atoms with van der Waals surface area (Å²) in [5, 5.41) is 4.04. The molecule has 5 nitrogen and oxygen atoms in total. The molecule has 0 atom stereocenters. The second-order valence-electron chi connectivity index (χ2n) is 5.19. The molecule has 0 aliphatic rings. The van der Waals surface area contributed by atoms with E-state index in [0.717, 1.165) is 15.2 Å². The molecule has 0 spiro atoms. The van der Waals surface area contributed by atoms with E-state index in [2.05, 4.69) is 10.1 Å². The zero-order valence-corrected chi connectivity index (χ0v) is 19.2. The van der Waals surface area contributed by atoms with Crippen molar-refractivity contribution < 1.29 is 12.8 Å². The number of hydrogen-bond acceptors (Lipinski definition) is 4. The van der Waals surface area contributed by atoms with Crippen LogP contribution in [0.2, 0.25) is 0 Å². The summed E-state index contributed by atoms with van der Waals surface area (Å²) < 4.78 is 38.4. The highest BCUT2D eigenvalue weighted by atomic mass is 32.2. The van der Waals surface area contributed by atoms with Crippen LogP contribution in [0.4, 0.5) is 4.39 Å². The van der Waals surface area contributed by atoms with Gasteiger partial charge in [0.05, 0.1) is 5.75 Å². The first-order valence-electron chi connectivity index (χ1n) is 9.90. The Morgan fingerprint density at radius 2 is 1.38 bits per heavy atom. The maximum absolute atomic E-state index is 12.9. The van der Waals surface area contributed by atoms with Gasteiger partial charge in [-0.05, 0) is 24.6 Å². The molecule has 1 heterocycles. The molecule has 0 radical (unpaired) electrons. The fraction of sp³-hybridized carbons (Fsp3) is 0.364. The van der Waals surface area contributed by atoms with Crippen molar-refractivity contribution in [1.82, 2.24) is 14.2 Å². The Balaban J connectivity index is 0.00000120. The fourth-order valence-corrected chi connectivity index (χ4v) is 3.21. The van der Waals surface area contributed by atoms with Gasteiger partial charge in [-0.2, -0.15) is 0 Å². The van der Waals surface area contributed by atoms with Crippen LogP contribution < -0.4 is 0 Å². The summed E-state index contributed by atoms with van der Waals surface area (Å²) in [5.74, 6) is -0.342. The number of aromatic nitrogens is 3. The van der Waals surface area contributed by atoms with Crippen LogP contribution in [0, 0.1) is 12.7 Å². The van der Waals surface area contributed by atoms with Gasteiger partial charge in [-0.3, -0.25) is 0 Å². The normalized spacial score (nSPS) is 9.79. The van der Waals surface area contributed by atoms with Gasteiger partial charge in [-0.25, -0.2) is 17.8 Å². The number of nitrogens with zero attached hydrogens (tertiary/aromatic N) is 3. The van der Waals surface area contributed by atoms with Gasteiger partial charge in [0.2, 0.25) is 0 Å². The Hall–Kier alpha value is -2.54. The number of halogens is 1. The zero-order chi connectivity index (χ0) is 22.4. The van der Waals surface area contributed by atoms with E-state index in [1.165, 1.54) is 30.6 Å². The minimum Gasteiger partial charge on any atom is -0.214 e. The van der Waals surface area contributed by atoms with E-state index >= 15 is 0 Å². The monoisotopic (exact) mass is 421 g/mol. The van der Waals surface area contributed by atoms with E-state index in [1.807, 2.05) is 72.7 Å². The number of rotatable bonds is 4. The second-order valence-corrected chi connectivity index (χ2v) is 7.02. The zero-order valence-electron chi connectivity index (χ0n) is 18.3. The molecule has 1 aromatic heterocycles. The summed E-state index contributed by atoms with van der Waals surface area (Å²) in [6, 6.07) is 12.8. The molecule has 0 amide bonds. The third-order valence-electron chi connectivity index (χ3n) is 3.33. The van der Waals surface area contributed by atoms with Crippen molar-refractivity contribution in [1.29, 1.82) is 0 Å². The summed E-state index contributed by atoms with van der Waals surface area (Å²) >= 11 is 0. The predicted molar refractivity (Wildman–Crippen MR) is 119 cm³/mol. The molecule has 160 valence electrons. The number of hydrogen-bond donors (Lipinski definition) is 0. The van der Waals surface area contributed by atoms with Crippen molar-refractivity contribution in [2.24, 2.45) is 0 Å². The molecule has 2 aromatic carbocycles. The van der Waals surface area contributed by atoms with E-state index in [-0.39, 0.29) is 5.75 Å². The first-order chi connectivity index (χ1) is 13.9. The van der Waals surface area contributed by atoms with E-state index in [1.54, 1.807) is 0 Å². The quantitative estimate of drug-likeness (QED) is 0.530. The second kappa shape index (κ2) is 13.6. The van der Waals surface area contributed by atoms with Gasteiger partial charge in [0.1, 0.15) is 12.1 Å². The van der Waals surface area contributed by atoms with Crippen molar-refractivity contribution in [2.45, 2.75) is 54.2 Å². The molecule has 0 saturated carbocycles. The lowest BCUT2D eigenvalue weighted by molar-refractivity contribution is 0.579. The van der Waals surface area contributed by atoms with Gasteiger partial charge in [-0.15, -0.1) is 9.19 Å². The van der Waals surface area contributed by atoms with Crippen LogP contribution in [0.5, 0.6) is 0 Å². The van der Waals surface area contributed by atoms with Crippen molar-refractivity contribution in [3.05, 3.63) is 71.8 Å². The van der Waals surface area contributed by atoms with E-state index in [0.29, 0.717) is 11.4 Å². The molecule has 3 rings (SSSR count). The molecule has 0 aliphatic heterocycles. The van der Waals surface area contributed by atoms with Gasteiger partial charge in [0, 0.05) is 5.56 Å². The van der Waals surface area contributed by atoms with Gasteiger partial charge in [0.25, 0.3) is 10.0 Å². The molecule has 0 fully saturated rings. The largest absolute Gasteiger partial charge is 0.259 e. The lowest BCUT2D eigenvalue weighted by Gasteiger charge is -2.03. The molecular weight excluding hydrogens is 389 g/mol. The average Bonchev–Trinajstić information content (AvgIpc) is 3.26. The molecular formula is C22H32FN3O2S. The first kappa shape index (κ1) is 26.5. The summed E-state index contributed by atoms with van der Waals surface area (Å²) in [7, 11) is -3.70. The van der Waals surface area contributed by atoms with E-state index in [4.69, 9.17) is 0 Å². The first-order valence-corrected chi connectivity index (χ1v) is 11.5. The molecule has 0 bridgehead atoms. The Kier molecular flexibility index (Phi) is 12.4. The highest BCUT2D eigenvalue weighted by Crippen LogP contribution is 2.16.